The Bertz CT molecular complexity index is 1250. The van der Waals surface area contributed by atoms with Crippen LogP contribution in [0, 0.1) is 0 Å². The van der Waals surface area contributed by atoms with Crippen molar-refractivity contribution in [3.63, 3.8) is 0 Å². The molecule has 3 aromatic rings. The second kappa shape index (κ2) is 9.39. The van der Waals surface area contributed by atoms with Gasteiger partial charge < -0.3 is 24.6 Å². The number of esters is 1. The summed E-state index contributed by atoms with van der Waals surface area (Å²) in [6, 6.07) is 13.7. The Hall–Kier alpha value is -4.41. The molecule has 1 aromatic heterocycles. The molecule has 33 heavy (non-hydrogen) atoms. The highest BCUT2D eigenvalue weighted by atomic mass is 16.6. The Kier molecular flexibility index (Phi) is 6.20. The fourth-order valence-electron chi connectivity index (χ4n) is 3.29. The van der Waals surface area contributed by atoms with Gasteiger partial charge in [0.25, 0.3) is 11.8 Å². The maximum absolute atomic E-state index is 12.3. The number of rotatable bonds is 6. The molecule has 1 aliphatic heterocycles. The molecule has 0 spiro atoms. The molecule has 0 aliphatic carbocycles. The van der Waals surface area contributed by atoms with E-state index in [9.17, 15) is 19.5 Å². The van der Waals surface area contributed by atoms with Crippen molar-refractivity contribution in [3.8, 4) is 17.4 Å². The number of azo groups is 1. The number of hydrogen-bond donors (Lipinski definition) is 2. The van der Waals surface area contributed by atoms with Gasteiger partial charge in [0, 0.05) is 5.39 Å². The van der Waals surface area contributed by atoms with Crippen molar-refractivity contribution in [2.24, 2.45) is 10.2 Å². The molecule has 1 aliphatic rings. The van der Waals surface area contributed by atoms with Gasteiger partial charge in [0.1, 0.15) is 19.7 Å². The van der Waals surface area contributed by atoms with E-state index in [0.29, 0.717) is 22.4 Å². The van der Waals surface area contributed by atoms with Crippen molar-refractivity contribution in [2.75, 3.05) is 20.3 Å². The van der Waals surface area contributed by atoms with Gasteiger partial charge >= 0.3 is 5.97 Å². The Morgan fingerprint density at radius 1 is 1.15 bits per heavy atom. The summed E-state index contributed by atoms with van der Waals surface area (Å²) >= 11 is 0. The van der Waals surface area contributed by atoms with Crippen LogP contribution in [0.4, 0.5) is 5.69 Å². The lowest BCUT2D eigenvalue weighted by molar-refractivity contribution is -0.141. The van der Waals surface area contributed by atoms with Crippen LogP contribution in [0.1, 0.15) is 0 Å². The minimum atomic E-state index is -0.912. The zero-order valence-electron chi connectivity index (χ0n) is 17.6. The van der Waals surface area contributed by atoms with Crippen LogP contribution in [0.5, 0.6) is 17.4 Å². The van der Waals surface area contributed by atoms with Gasteiger partial charge in [-0.15, -0.1) is 10.2 Å². The molecule has 2 heterocycles. The largest absolute Gasteiger partial charge is 0.493 e. The minimum Gasteiger partial charge on any atom is -0.493 e. The number of nitrogens with zero attached hydrogens (tertiary/aromatic N) is 3. The standard InChI is InChI=1S/C22H20N4O7/c1-31-19(28)11-26-14-7-3-2-6-13(14)20(22(26)30)25-24-18(27)10-23-21(29)17-12-32-15-8-4-5-9-16(15)33-17/h2-9,17,30H,10-12H2,1H3,(H,23,29)/t17-/m1/s1. The number of hydrogen-bond acceptors (Lipinski definition) is 8. The lowest BCUT2D eigenvalue weighted by atomic mass is 10.2. The molecular weight excluding hydrogens is 432 g/mol. The quantitative estimate of drug-likeness (QED) is 0.431. The molecular formula is C22H20N4O7. The molecule has 0 bridgehead atoms. The zero-order valence-corrected chi connectivity index (χ0v) is 17.6. The molecule has 11 heteroatoms. The molecule has 0 saturated heterocycles. The van der Waals surface area contributed by atoms with Gasteiger partial charge in [-0.2, -0.15) is 0 Å². The van der Waals surface area contributed by atoms with E-state index in [1.54, 1.807) is 48.5 Å². The maximum Gasteiger partial charge on any atom is 0.325 e. The third-order valence-corrected chi connectivity index (χ3v) is 4.91. The number of amides is 2. The van der Waals surface area contributed by atoms with E-state index >= 15 is 0 Å². The van der Waals surface area contributed by atoms with Crippen LogP contribution in [0.3, 0.4) is 0 Å². The van der Waals surface area contributed by atoms with Gasteiger partial charge in [-0.3, -0.25) is 19.0 Å². The van der Waals surface area contributed by atoms with E-state index in [1.807, 2.05) is 0 Å². The number of nitrogens with one attached hydrogen (secondary N) is 1. The van der Waals surface area contributed by atoms with E-state index in [4.69, 9.17) is 9.47 Å². The first-order chi connectivity index (χ1) is 16.0. The van der Waals surface area contributed by atoms with E-state index in [0.717, 1.165) is 0 Å². The molecule has 2 N–H and O–H groups in total. The summed E-state index contributed by atoms with van der Waals surface area (Å²) in [6.45, 7) is -0.660. The SMILES string of the molecule is COC(=O)Cn1c(O)c(N=NC(=O)CNC(=O)[C@H]2COc3ccccc3O2)c2ccccc21. The third-order valence-electron chi connectivity index (χ3n) is 4.91. The van der Waals surface area contributed by atoms with Crippen molar-refractivity contribution in [1.29, 1.82) is 0 Å². The Labute approximate surface area is 187 Å². The monoisotopic (exact) mass is 452 g/mol. The summed E-state index contributed by atoms with van der Waals surface area (Å²) in [5.74, 6) is -1.21. The lowest BCUT2D eigenvalue weighted by Crippen LogP contribution is -2.45. The maximum atomic E-state index is 12.3. The number of aromatic hydroxyl groups is 1. The van der Waals surface area contributed by atoms with E-state index < -0.39 is 30.4 Å². The van der Waals surface area contributed by atoms with Gasteiger partial charge in [0.2, 0.25) is 12.0 Å². The summed E-state index contributed by atoms with van der Waals surface area (Å²) in [4.78, 5) is 36.2. The number of aromatic nitrogens is 1. The van der Waals surface area contributed by atoms with Crippen LogP contribution in [-0.2, 0) is 25.7 Å². The average Bonchev–Trinajstić information content (AvgIpc) is 3.11. The van der Waals surface area contributed by atoms with Crippen LogP contribution >= 0.6 is 0 Å². The van der Waals surface area contributed by atoms with Gasteiger partial charge in [-0.25, -0.2) is 0 Å². The zero-order chi connectivity index (χ0) is 23.4. The number of carbonyl (C=O) groups is 3. The van der Waals surface area contributed by atoms with Gasteiger partial charge in [0.05, 0.1) is 12.6 Å². The van der Waals surface area contributed by atoms with Crippen molar-refractivity contribution in [2.45, 2.75) is 12.6 Å². The molecule has 170 valence electrons. The Morgan fingerprint density at radius 3 is 2.67 bits per heavy atom. The highest BCUT2D eigenvalue weighted by Gasteiger charge is 2.27. The van der Waals surface area contributed by atoms with Crippen molar-refractivity contribution < 1.29 is 33.7 Å². The van der Waals surface area contributed by atoms with Crippen molar-refractivity contribution in [3.05, 3.63) is 48.5 Å². The first-order valence-electron chi connectivity index (χ1n) is 9.95. The average molecular weight is 452 g/mol. The summed E-state index contributed by atoms with van der Waals surface area (Å²) in [7, 11) is 1.24. The number of fused-ring (bicyclic) bond motifs is 2. The highest BCUT2D eigenvalue weighted by Crippen LogP contribution is 2.38. The second-order valence-electron chi connectivity index (χ2n) is 7.03. The first kappa shape index (κ1) is 21.8. The lowest BCUT2D eigenvalue weighted by Gasteiger charge is -2.25. The van der Waals surface area contributed by atoms with Gasteiger partial charge in [0.15, 0.2) is 17.2 Å². The van der Waals surface area contributed by atoms with Crippen molar-refractivity contribution in [1.82, 2.24) is 9.88 Å². The molecule has 0 radical (unpaired) electrons. The van der Waals surface area contributed by atoms with Crippen LogP contribution in [0.2, 0.25) is 0 Å². The van der Waals surface area contributed by atoms with E-state index in [-0.39, 0.29) is 24.7 Å². The van der Waals surface area contributed by atoms with Gasteiger partial charge in [-0.05, 0) is 18.2 Å². The Morgan fingerprint density at radius 2 is 1.88 bits per heavy atom. The molecule has 11 nitrogen and oxygen atoms in total. The van der Waals surface area contributed by atoms with Crippen molar-refractivity contribution >= 4 is 34.4 Å². The molecule has 2 amide bonds. The van der Waals surface area contributed by atoms with Crippen LogP contribution < -0.4 is 14.8 Å². The number of ether oxygens (including phenoxy) is 3. The van der Waals surface area contributed by atoms with Gasteiger partial charge in [-0.1, -0.05) is 30.3 Å². The predicted molar refractivity (Wildman–Crippen MR) is 115 cm³/mol. The highest BCUT2D eigenvalue weighted by molar-refractivity contribution is 5.96. The number of benzene rings is 2. The van der Waals surface area contributed by atoms with Crippen LogP contribution in [-0.4, -0.2) is 53.8 Å². The molecule has 0 saturated carbocycles. The molecule has 0 unspecified atom stereocenters. The fraction of sp³-hybridized carbons (Fsp3) is 0.227. The molecule has 2 aromatic carbocycles. The molecule has 4 rings (SSSR count). The fourth-order valence-corrected chi connectivity index (χ4v) is 3.29. The number of methoxy groups -OCH3 is 1. The summed E-state index contributed by atoms with van der Waals surface area (Å²) in [5.41, 5.74) is 0.541. The topological polar surface area (TPSA) is 141 Å². The second-order valence-corrected chi connectivity index (χ2v) is 7.03. The minimum absolute atomic E-state index is 0.00608. The van der Waals surface area contributed by atoms with Crippen LogP contribution in [0.15, 0.2) is 58.8 Å². The predicted octanol–water partition coefficient (Wildman–Crippen LogP) is 2.09. The number of carbonyl (C=O) groups excluding carboxylic acids is 3. The first-order valence-corrected chi connectivity index (χ1v) is 9.95. The summed E-state index contributed by atoms with van der Waals surface area (Å²) < 4.78 is 17.0. The third kappa shape index (κ3) is 4.61. The van der Waals surface area contributed by atoms with E-state index in [2.05, 4.69) is 20.3 Å². The Balaban J connectivity index is 1.41. The normalized spacial score (nSPS) is 14.9. The smallest absolute Gasteiger partial charge is 0.325 e. The van der Waals surface area contributed by atoms with E-state index in [1.165, 1.54) is 11.7 Å². The summed E-state index contributed by atoms with van der Waals surface area (Å²) in [5, 5.41) is 20.9. The number of para-hydroxylation sites is 3. The molecule has 0 fully saturated rings. The summed E-state index contributed by atoms with van der Waals surface area (Å²) in [6.07, 6.45) is -0.912. The van der Waals surface area contributed by atoms with Crippen LogP contribution in [0.25, 0.3) is 10.9 Å². The molecule has 1 atom stereocenters.